The van der Waals surface area contributed by atoms with Gasteiger partial charge in [0.05, 0.1) is 24.7 Å². The van der Waals surface area contributed by atoms with Gasteiger partial charge in [-0.3, -0.25) is 4.79 Å². The first-order valence-electron chi connectivity index (χ1n) is 7.24. The first-order chi connectivity index (χ1) is 9.24. The van der Waals surface area contributed by atoms with Gasteiger partial charge in [0.15, 0.2) is 0 Å². The number of carbonyl (C=O) groups excluding carboxylic acids is 1. The Morgan fingerprint density at radius 3 is 3.05 bits per heavy atom. The van der Waals surface area contributed by atoms with Crippen molar-refractivity contribution in [1.29, 1.82) is 0 Å². The summed E-state index contributed by atoms with van der Waals surface area (Å²) < 4.78 is 11.5. The van der Waals surface area contributed by atoms with Crippen molar-refractivity contribution in [2.75, 3.05) is 38.4 Å². The van der Waals surface area contributed by atoms with Crippen LogP contribution in [0.5, 0.6) is 0 Å². The van der Waals surface area contributed by atoms with Crippen LogP contribution < -0.4 is 5.32 Å². The molecule has 3 aliphatic rings. The van der Waals surface area contributed by atoms with Gasteiger partial charge in [-0.2, -0.15) is 11.8 Å². The summed E-state index contributed by atoms with van der Waals surface area (Å²) in [6, 6.07) is 0.198. The maximum absolute atomic E-state index is 12.7. The van der Waals surface area contributed by atoms with E-state index in [1.54, 1.807) is 0 Å². The molecule has 0 aromatic heterocycles. The molecule has 1 N–H and O–H groups in total. The number of carbonyl (C=O) groups is 1. The lowest BCUT2D eigenvalue weighted by Gasteiger charge is -2.38. The second kappa shape index (κ2) is 5.72. The molecule has 3 heterocycles. The molecular weight excluding hydrogens is 262 g/mol. The van der Waals surface area contributed by atoms with Crippen molar-refractivity contribution in [1.82, 2.24) is 5.32 Å². The predicted molar refractivity (Wildman–Crippen MR) is 75.5 cm³/mol. The third kappa shape index (κ3) is 2.71. The molecular formula is C14H23NO3S. The minimum Gasteiger partial charge on any atom is -0.379 e. The minimum absolute atomic E-state index is 0.00214. The summed E-state index contributed by atoms with van der Waals surface area (Å²) in [6.07, 6.45) is 2.92. The zero-order chi connectivity index (χ0) is 13.3. The van der Waals surface area contributed by atoms with Crippen LogP contribution in [0.3, 0.4) is 0 Å². The highest BCUT2D eigenvalue weighted by Crippen LogP contribution is 2.41. The van der Waals surface area contributed by atoms with Crippen LogP contribution >= 0.6 is 11.8 Å². The number of ketones is 1. The summed E-state index contributed by atoms with van der Waals surface area (Å²) in [5.74, 6) is 2.85. The lowest BCUT2D eigenvalue weighted by Crippen LogP contribution is -2.46. The normalized spacial score (nSPS) is 42.9. The van der Waals surface area contributed by atoms with Crippen molar-refractivity contribution >= 4 is 17.5 Å². The second-order valence-corrected chi connectivity index (χ2v) is 7.07. The van der Waals surface area contributed by atoms with Gasteiger partial charge in [-0.25, -0.2) is 0 Å². The lowest BCUT2D eigenvalue weighted by molar-refractivity contribution is -0.138. The molecule has 3 fully saturated rings. The Balaban J connectivity index is 1.66. The van der Waals surface area contributed by atoms with Crippen LogP contribution in [-0.2, 0) is 14.3 Å². The van der Waals surface area contributed by atoms with Gasteiger partial charge in [-0.1, -0.05) is 0 Å². The highest BCUT2D eigenvalue weighted by atomic mass is 32.2. The van der Waals surface area contributed by atoms with E-state index in [4.69, 9.17) is 9.47 Å². The number of rotatable bonds is 3. The molecule has 3 rings (SSSR count). The summed E-state index contributed by atoms with van der Waals surface area (Å²) >= 11 is 1.96. The molecule has 3 saturated heterocycles. The van der Waals surface area contributed by atoms with Crippen molar-refractivity contribution in [3.63, 3.8) is 0 Å². The van der Waals surface area contributed by atoms with Crippen LogP contribution in [0, 0.1) is 11.8 Å². The molecule has 19 heavy (non-hydrogen) atoms. The van der Waals surface area contributed by atoms with Gasteiger partial charge in [-0.15, -0.1) is 0 Å². The summed E-state index contributed by atoms with van der Waals surface area (Å²) in [5, 5.41) is 3.21. The molecule has 0 amide bonds. The zero-order valence-corrected chi connectivity index (χ0v) is 12.3. The largest absolute Gasteiger partial charge is 0.379 e. The smallest absolute Gasteiger partial charge is 0.143 e. The van der Waals surface area contributed by atoms with Crippen molar-refractivity contribution in [2.24, 2.45) is 11.8 Å². The fraction of sp³-hybridized carbons (Fsp3) is 0.929. The van der Waals surface area contributed by atoms with Crippen LogP contribution in [0.2, 0.25) is 0 Å². The Hall–Kier alpha value is -0.100. The minimum atomic E-state index is -0.00214. The van der Waals surface area contributed by atoms with E-state index in [0.717, 1.165) is 31.6 Å². The molecule has 0 radical (unpaired) electrons. The van der Waals surface area contributed by atoms with Crippen LogP contribution in [0.1, 0.15) is 19.3 Å². The number of hydrogen-bond donors (Lipinski definition) is 1. The van der Waals surface area contributed by atoms with Gasteiger partial charge < -0.3 is 14.8 Å². The summed E-state index contributed by atoms with van der Waals surface area (Å²) in [5.41, 5.74) is -0.00214. The average Bonchev–Trinajstić information content (AvgIpc) is 3.07. The molecule has 3 aliphatic heterocycles. The second-order valence-electron chi connectivity index (χ2n) is 5.97. The molecule has 4 unspecified atom stereocenters. The standard InChI is InChI=1S/C14H23NO3S/c1-15-12-8-17-7-11(12)13(16)10-2-4-18-14(6-10)3-5-19-9-14/h10-12,15H,2-9H2,1H3. The van der Waals surface area contributed by atoms with E-state index in [9.17, 15) is 4.79 Å². The van der Waals surface area contributed by atoms with E-state index in [2.05, 4.69) is 5.32 Å². The Labute approximate surface area is 119 Å². The van der Waals surface area contributed by atoms with E-state index < -0.39 is 0 Å². The first-order valence-corrected chi connectivity index (χ1v) is 8.40. The monoisotopic (exact) mass is 285 g/mol. The Morgan fingerprint density at radius 1 is 1.42 bits per heavy atom. The molecule has 0 saturated carbocycles. The number of Topliss-reactive ketones (excluding diaryl/α,β-unsaturated/α-hetero) is 1. The third-order valence-electron chi connectivity index (χ3n) is 4.78. The van der Waals surface area contributed by atoms with Crippen molar-refractivity contribution < 1.29 is 14.3 Å². The predicted octanol–water partition coefficient (Wildman–Crippen LogP) is 1.09. The molecule has 0 aromatic carbocycles. The molecule has 0 bridgehead atoms. The molecule has 4 nitrogen and oxygen atoms in total. The summed E-state index contributed by atoms with van der Waals surface area (Å²) in [7, 11) is 1.92. The summed E-state index contributed by atoms with van der Waals surface area (Å²) in [4.78, 5) is 12.7. The average molecular weight is 285 g/mol. The van der Waals surface area contributed by atoms with Gasteiger partial charge in [-0.05, 0) is 32.1 Å². The van der Waals surface area contributed by atoms with Crippen LogP contribution in [0.25, 0.3) is 0 Å². The van der Waals surface area contributed by atoms with Crippen LogP contribution in [-0.4, -0.2) is 55.8 Å². The van der Waals surface area contributed by atoms with Gasteiger partial charge in [0.25, 0.3) is 0 Å². The third-order valence-corrected chi connectivity index (χ3v) is 6.00. The van der Waals surface area contributed by atoms with Gasteiger partial charge in [0.1, 0.15) is 5.78 Å². The van der Waals surface area contributed by atoms with Gasteiger partial charge >= 0.3 is 0 Å². The number of likely N-dealkylation sites (N-methyl/N-ethyl adjacent to an activating group) is 1. The molecule has 1 spiro atoms. The fourth-order valence-electron chi connectivity index (χ4n) is 3.56. The maximum Gasteiger partial charge on any atom is 0.143 e. The Kier molecular flexibility index (Phi) is 4.17. The molecule has 108 valence electrons. The zero-order valence-electron chi connectivity index (χ0n) is 11.5. The Bertz CT molecular complexity index is 344. The SMILES string of the molecule is CNC1COCC1C(=O)C1CCOC2(CCSC2)C1. The van der Waals surface area contributed by atoms with Crippen molar-refractivity contribution in [3.05, 3.63) is 0 Å². The number of hydrogen-bond acceptors (Lipinski definition) is 5. The highest BCUT2D eigenvalue weighted by molar-refractivity contribution is 7.99. The quantitative estimate of drug-likeness (QED) is 0.841. The van der Waals surface area contributed by atoms with Crippen molar-refractivity contribution in [2.45, 2.75) is 30.9 Å². The fourth-order valence-corrected chi connectivity index (χ4v) is 4.93. The van der Waals surface area contributed by atoms with Gasteiger partial charge in [0.2, 0.25) is 0 Å². The van der Waals surface area contributed by atoms with E-state index >= 15 is 0 Å². The number of nitrogens with one attached hydrogen (secondary N) is 1. The van der Waals surface area contributed by atoms with E-state index in [1.807, 2.05) is 18.8 Å². The van der Waals surface area contributed by atoms with Gasteiger partial charge in [0, 0.05) is 24.3 Å². The van der Waals surface area contributed by atoms with Crippen molar-refractivity contribution in [3.8, 4) is 0 Å². The molecule has 0 aliphatic carbocycles. The van der Waals surface area contributed by atoms with Crippen LogP contribution in [0.4, 0.5) is 0 Å². The number of ether oxygens (including phenoxy) is 2. The molecule has 5 heteroatoms. The Morgan fingerprint density at radius 2 is 2.32 bits per heavy atom. The topological polar surface area (TPSA) is 47.6 Å². The highest BCUT2D eigenvalue weighted by Gasteiger charge is 2.45. The first kappa shape index (κ1) is 13.9. The van der Waals surface area contributed by atoms with E-state index in [0.29, 0.717) is 19.0 Å². The molecule has 4 atom stereocenters. The van der Waals surface area contributed by atoms with Crippen LogP contribution in [0.15, 0.2) is 0 Å². The number of thioether (sulfide) groups is 1. The lowest BCUT2D eigenvalue weighted by atomic mass is 9.78. The summed E-state index contributed by atoms with van der Waals surface area (Å²) in [6.45, 7) is 2.00. The van der Waals surface area contributed by atoms with E-state index in [1.165, 1.54) is 5.75 Å². The van der Waals surface area contributed by atoms with E-state index in [-0.39, 0.29) is 23.5 Å². The maximum atomic E-state index is 12.7. The molecule has 0 aromatic rings.